The molecule has 2 aliphatic heterocycles. The molecule has 3 rings (SSSR count). The van der Waals surface area contributed by atoms with E-state index >= 15 is 0 Å². The summed E-state index contributed by atoms with van der Waals surface area (Å²) in [7, 11) is -3.66. The third-order valence-electron chi connectivity index (χ3n) is 4.83. The Balaban J connectivity index is 1.74. The zero-order chi connectivity index (χ0) is 19.7. The minimum atomic E-state index is -3.66. The van der Waals surface area contributed by atoms with Crippen molar-refractivity contribution in [3.05, 3.63) is 35.4 Å². The second kappa shape index (κ2) is 7.87. The molecule has 0 radical (unpaired) electrons. The second-order valence-electron chi connectivity index (χ2n) is 8.20. The molecule has 0 aliphatic carbocycles. The molecule has 1 atom stereocenters. The Kier molecular flexibility index (Phi) is 5.90. The molecule has 2 heterocycles. The Morgan fingerprint density at radius 2 is 1.93 bits per heavy atom. The van der Waals surface area contributed by atoms with E-state index in [0.29, 0.717) is 26.1 Å². The van der Waals surface area contributed by atoms with Crippen molar-refractivity contribution in [3.63, 3.8) is 0 Å². The summed E-state index contributed by atoms with van der Waals surface area (Å²) in [4.78, 5) is 12.3. The number of hydrogen-bond donors (Lipinski definition) is 1. The molecule has 7 nitrogen and oxygen atoms in total. The minimum absolute atomic E-state index is 0.0981. The quantitative estimate of drug-likeness (QED) is 0.833. The van der Waals surface area contributed by atoms with Crippen LogP contribution in [-0.2, 0) is 32.7 Å². The highest BCUT2D eigenvalue weighted by Gasteiger charge is 2.39. The molecule has 8 heteroatoms. The number of nitrogens with zero attached hydrogens (tertiary/aromatic N) is 2. The third-order valence-corrected chi connectivity index (χ3v) is 6.86. The molecular formula is C19H29N3O4S. The Morgan fingerprint density at radius 1 is 1.22 bits per heavy atom. The van der Waals surface area contributed by atoms with Crippen LogP contribution in [0.25, 0.3) is 0 Å². The zero-order valence-corrected chi connectivity index (χ0v) is 17.1. The first kappa shape index (κ1) is 20.3. The SMILES string of the molecule is CC(C)(C)NC(=O)C[C@@H]1COCCN1S(=O)(=O)N1CCc2ccccc2C1. The van der Waals surface area contributed by atoms with Crippen molar-refractivity contribution < 1.29 is 17.9 Å². The van der Waals surface area contributed by atoms with Gasteiger partial charge in [-0.05, 0) is 38.3 Å². The van der Waals surface area contributed by atoms with Gasteiger partial charge in [0.1, 0.15) is 0 Å². The largest absolute Gasteiger partial charge is 0.378 e. The monoisotopic (exact) mass is 395 g/mol. The number of nitrogens with one attached hydrogen (secondary N) is 1. The van der Waals surface area contributed by atoms with E-state index in [1.807, 2.05) is 45.0 Å². The third kappa shape index (κ3) is 4.87. The van der Waals surface area contributed by atoms with Crippen molar-refractivity contribution in [1.29, 1.82) is 0 Å². The smallest absolute Gasteiger partial charge is 0.282 e. The molecule has 1 aromatic carbocycles. The lowest BCUT2D eigenvalue weighted by Crippen LogP contribution is -2.56. The summed E-state index contributed by atoms with van der Waals surface area (Å²) in [5.41, 5.74) is 1.89. The first-order valence-corrected chi connectivity index (χ1v) is 10.8. The van der Waals surface area contributed by atoms with Gasteiger partial charge in [-0.25, -0.2) is 0 Å². The summed E-state index contributed by atoms with van der Waals surface area (Å²) < 4.78 is 35.0. The van der Waals surface area contributed by atoms with Crippen LogP contribution in [-0.4, -0.2) is 60.8 Å². The number of carbonyl (C=O) groups excluding carboxylic acids is 1. The number of morpholine rings is 1. The second-order valence-corrected chi connectivity index (χ2v) is 10.1. The average molecular weight is 396 g/mol. The van der Waals surface area contributed by atoms with Crippen LogP contribution in [0.15, 0.2) is 24.3 Å². The van der Waals surface area contributed by atoms with Crippen molar-refractivity contribution in [2.75, 3.05) is 26.3 Å². The topological polar surface area (TPSA) is 79.0 Å². The Labute approximate surface area is 161 Å². The molecule has 1 amide bonds. The highest BCUT2D eigenvalue weighted by Crippen LogP contribution is 2.25. The maximum atomic E-state index is 13.3. The van der Waals surface area contributed by atoms with Gasteiger partial charge in [-0.1, -0.05) is 24.3 Å². The lowest BCUT2D eigenvalue weighted by Gasteiger charge is -2.39. The van der Waals surface area contributed by atoms with Crippen molar-refractivity contribution >= 4 is 16.1 Å². The van der Waals surface area contributed by atoms with E-state index < -0.39 is 16.3 Å². The Hall–Kier alpha value is -1.48. The molecule has 0 spiro atoms. The number of rotatable bonds is 4. The van der Waals surface area contributed by atoms with E-state index in [2.05, 4.69) is 5.32 Å². The zero-order valence-electron chi connectivity index (χ0n) is 16.3. The predicted octanol–water partition coefficient (Wildman–Crippen LogP) is 1.30. The van der Waals surface area contributed by atoms with Crippen LogP contribution < -0.4 is 5.32 Å². The van der Waals surface area contributed by atoms with E-state index in [-0.39, 0.29) is 31.0 Å². The van der Waals surface area contributed by atoms with Gasteiger partial charge < -0.3 is 10.1 Å². The first-order valence-electron chi connectivity index (χ1n) is 9.39. The molecule has 0 bridgehead atoms. The number of ether oxygens (including phenoxy) is 1. The average Bonchev–Trinajstić information content (AvgIpc) is 2.60. The van der Waals surface area contributed by atoms with E-state index in [9.17, 15) is 13.2 Å². The van der Waals surface area contributed by atoms with Gasteiger partial charge in [0.2, 0.25) is 5.91 Å². The van der Waals surface area contributed by atoms with Gasteiger partial charge in [-0.15, -0.1) is 0 Å². The molecule has 1 N–H and O–H groups in total. The number of amides is 1. The maximum Gasteiger partial charge on any atom is 0.282 e. The van der Waals surface area contributed by atoms with E-state index in [4.69, 9.17) is 4.74 Å². The van der Waals surface area contributed by atoms with Crippen LogP contribution in [0.1, 0.15) is 38.3 Å². The summed E-state index contributed by atoms with van der Waals surface area (Å²) in [5.74, 6) is -0.165. The molecule has 27 heavy (non-hydrogen) atoms. The molecule has 2 aliphatic rings. The van der Waals surface area contributed by atoms with Gasteiger partial charge >= 0.3 is 0 Å². The molecule has 1 saturated heterocycles. The number of hydrogen-bond acceptors (Lipinski definition) is 4. The van der Waals surface area contributed by atoms with Gasteiger partial charge in [0.25, 0.3) is 10.2 Å². The van der Waals surface area contributed by atoms with Gasteiger partial charge in [-0.2, -0.15) is 17.0 Å². The maximum absolute atomic E-state index is 13.3. The van der Waals surface area contributed by atoms with E-state index in [1.54, 1.807) is 0 Å². The van der Waals surface area contributed by atoms with Crippen molar-refractivity contribution in [1.82, 2.24) is 13.9 Å². The predicted molar refractivity (Wildman–Crippen MR) is 103 cm³/mol. The number of fused-ring (bicyclic) bond motifs is 1. The molecule has 1 aromatic rings. The Morgan fingerprint density at radius 3 is 2.63 bits per heavy atom. The van der Waals surface area contributed by atoms with Crippen LogP contribution in [0.5, 0.6) is 0 Å². The Bertz CT molecular complexity index is 788. The summed E-state index contributed by atoms with van der Waals surface area (Å²) >= 11 is 0. The van der Waals surface area contributed by atoms with Crippen LogP contribution in [0.4, 0.5) is 0 Å². The van der Waals surface area contributed by atoms with Crippen molar-refractivity contribution in [2.24, 2.45) is 0 Å². The van der Waals surface area contributed by atoms with Crippen LogP contribution in [0.2, 0.25) is 0 Å². The molecule has 0 aromatic heterocycles. The fourth-order valence-corrected chi connectivity index (χ4v) is 5.34. The van der Waals surface area contributed by atoms with Gasteiger partial charge in [0.05, 0.1) is 19.3 Å². The normalized spacial score (nSPS) is 22.3. The molecular weight excluding hydrogens is 366 g/mol. The van der Waals surface area contributed by atoms with Gasteiger partial charge in [-0.3, -0.25) is 4.79 Å². The van der Waals surface area contributed by atoms with E-state index in [1.165, 1.54) is 14.2 Å². The molecule has 1 fully saturated rings. The standard InChI is InChI=1S/C19H29N3O4S/c1-19(2,3)20-18(23)12-17-14-26-11-10-22(17)27(24,25)21-9-8-15-6-4-5-7-16(15)13-21/h4-7,17H,8-14H2,1-3H3,(H,20,23)/t17-/m1/s1. The molecule has 0 saturated carbocycles. The van der Waals surface area contributed by atoms with Crippen LogP contribution >= 0.6 is 0 Å². The van der Waals surface area contributed by atoms with Crippen LogP contribution in [0.3, 0.4) is 0 Å². The van der Waals surface area contributed by atoms with Crippen LogP contribution in [0, 0.1) is 0 Å². The highest BCUT2D eigenvalue weighted by molar-refractivity contribution is 7.86. The first-order chi connectivity index (χ1) is 12.7. The minimum Gasteiger partial charge on any atom is -0.378 e. The van der Waals surface area contributed by atoms with Gasteiger partial charge in [0.15, 0.2) is 0 Å². The van der Waals surface area contributed by atoms with Crippen molar-refractivity contribution in [3.8, 4) is 0 Å². The highest BCUT2D eigenvalue weighted by atomic mass is 32.2. The lowest BCUT2D eigenvalue weighted by molar-refractivity contribution is -0.124. The summed E-state index contributed by atoms with van der Waals surface area (Å²) in [6, 6.07) is 7.46. The number of carbonyl (C=O) groups is 1. The summed E-state index contributed by atoms with van der Waals surface area (Å²) in [6.45, 7) is 7.40. The summed E-state index contributed by atoms with van der Waals surface area (Å²) in [5, 5.41) is 2.90. The molecule has 0 unspecified atom stereocenters. The molecule has 150 valence electrons. The number of benzene rings is 1. The van der Waals surface area contributed by atoms with E-state index in [0.717, 1.165) is 5.56 Å². The van der Waals surface area contributed by atoms with Gasteiger partial charge in [0, 0.05) is 31.6 Å². The fraction of sp³-hybridized carbons (Fsp3) is 0.632. The lowest BCUT2D eigenvalue weighted by atomic mass is 10.0. The fourth-order valence-electron chi connectivity index (χ4n) is 3.60. The van der Waals surface area contributed by atoms with Crippen molar-refractivity contribution in [2.45, 2.75) is 51.7 Å². The summed E-state index contributed by atoms with van der Waals surface area (Å²) in [6.07, 6.45) is 0.801.